The first-order valence-corrected chi connectivity index (χ1v) is 7.54. The number of rotatable bonds is 5. The molecule has 0 aliphatic heterocycles. The summed E-state index contributed by atoms with van der Waals surface area (Å²) in [5, 5.41) is 5.83. The van der Waals surface area contributed by atoms with Gasteiger partial charge in [-0.05, 0) is 53.8 Å². The zero-order valence-electron chi connectivity index (χ0n) is 11.5. The summed E-state index contributed by atoms with van der Waals surface area (Å²) in [5.41, 5.74) is 1.97. The quantitative estimate of drug-likeness (QED) is 0.603. The molecular weight excluding hydrogens is 379 g/mol. The third-order valence-corrected chi connectivity index (χ3v) is 3.83. The van der Waals surface area contributed by atoms with Crippen molar-refractivity contribution in [3.05, 3.63) is 57.7 Å². The second kappa shape index (κ2) is 7.21. The van der Waals surface area contributed by atoms with Gasteiger partial charge in [0.2, 0.25) is 5.91 Å². The first-order chi connectivity index (χ1) is 10.1. The third-order valence-electron chi connectivity index (χ3n) is 2.89. The van der Waals surface area contributed by atoms with Gasteiger partial charge in [0.1, 0.15) is 0 Å². The van der Waals surface area contributed by atoms with Crippen LogP contribution in [-0.4, -0.2) is 18.2 Å². The molecule has 0 atom stereocenters. The van der Waals surface area contributed by atoms with Crippen molar-refractivity contribution in [3.8, 4) is 0 Å². The molecule has 21 heavy (non-hydrogen) atoms. The molecule has 108 valence electrons. The molecule has 0 unspecified atom stereocenters. The van der Waals surface area contributed by atoms with Gasteiger partial charge >= 0.3 is 0 Å². The van der Waals surface area contributed by atoms with Crippen LogP contribution >= 0.6 is 22.6 Å². The lowest BCUT2D eigenvalue weighted by atomic mass is 10.1. The van der Waals surface area contributed by atoms with Crippen molar-refractivity contribution in [3.63, 3.8) is 0 Å². The summed E-state index contributed by atoms with van der Waals surface area (Å²) in [4.78, 5) is 23.5. The van der Waals surface area contributed by atoms with Gasteiger partial charge in [0, 0.05) is 14.8 Å². The van der Waals surface area contributed by atoms with E-state index < -0.39 is 0 Å². The average Bonchev–Trinajstić information content (AvgIpc) is 2.47. The van der Waals surface area contributed by atoms with E-state index in [0.717, 1.165) is 9.26 Å². The van der Waals surface area contributed by atoms with Crippen molar-refractivity contribution in [1.29, 1.82) is 0 Å². The van der Waals surface area contributed by atoms with E-state index in [1.165, 1.54) is 6.92 Å². The normalized spacial score (nSPS) is 10.0. The molecule has 5 heteroatoms. The van der Waals surface area contributed by atoms with Gasteiger partial charge in [-0.3, -0.25) is 9.59 Å². The molecule has 0 radical (unpaired) electrons. The van der Waals surface area contributed by atoms with Crippen molar-refractivity contribution in [2.24, 2.45) is 0 Å². The van der Waals surface area contributed by atoms with Crippen LogP contribution in [0.15, 0.2) is 48.5 Å². The molecule has 0 heterocycles. The first-order valence-electron chi connectivity index (χ1n) is 6.46. The minimum atomic E-state index is -0.191. The molecular formula is C16H15IN2O2. The minimum absolute atomic E-state index is 0.0727. The van der Waals surface area contributed by atoms with E-state index >= 15 is 0 Å². The lowest BCUT2D eigenvalue weighted by Crippen LogP contribution is -2.23. The van der Waals surface area contributed by atoms with Crippen molar-refractivity contribution >= 4 is 45.7 Å². The van der Waals surface area contributed by atoms with E-state index in [1.807, 2.05) is 24.3 Å². The molecule has 0 aromatic heterocycles. The molecule has 2 N–H and O–H groups in total. The van der Waals surface area contributed by atoms with E-state index in [2.05, 4.69) is 33.2 Å². The molecule has 1 amide bonds. The predicted molar refractivity (Wildman–Crippen MR) is 92.7 cm³/mol. The lowest BCUT2D eigenvalue weighted by molar-refractivity contribution is -0.114. The topological polar surface area (TPSA) is 58.2 Å². The number of carbonyl (C=O) groups excluding carboxylic acids is 2. The number of para-hydroxylation sites is 2. The fourth-order valence-electron chi connectivity index (χ4n) is 1.87. The number of anilines is 2. The summed E-state index contributed by atoms with van der Waals surface area (Å²) in [6.45, 7) is 1.63. The lowest BCUT2D eigenvalue weighted by Gasteiger charge is -2.11. The fourth-order valence-corrected chi connectivity index (χ4v) is 2.45. The maximum atomic E-state index is 12.0. The molecule has 0 aliphatic rings. The van der Waals surface area contributed by atoms with E-state index in [-0.39, 0.29) is 18.2 Å². The Labute approximate surface area is 137 Å². The number of hydrogen-bond acceptors (Lipinski definition) is 3. The van der Waals surface area contributed by atoms with Crippen molar-refractivity contribution in [2.45, 2.75) is 6.92 Å². The summed E-state index contributed by atoms with van der Waals surface area (Å²) in [6, 6.07) is 14.7. The summed E-state index contributed by atoms with van der Waals surface area (Å²) in [7, 11) is 0. The Morgan fingerprint density at radius 3 is 2.29 bits per heavy atom. The number of benzene rings is 2. The van der Waals surface area contributed by atoms with E-state index in [9.17, 15) is 9.59 Å². The highest BCUT2D eigenvalue weighted by molar-refractivity contribution is 14.1. The highest BCUT2D eigenvalue weighted by atomic mass is 127. The Morgan fingerprint density at radius 2 is 1.62 bits per heavy atom. The number of carbonyl (C=O) groups is 2. The van der Waals surface area contributed by atoms with Gasteiger partial charge in [0.15, 0.2) is 5.78 Å². The zero-order valence-corrected chi connectivity index (χ0v) is 13.7. The Kier molecular flexibility index (Phi) is 5.32. The standard InChI is InChI=1S/C16H15IN2O2/c1-11(20)12-6-2-4-8-14(12)19-16(21)10-18-15-9-5-3-7-13(15)17/h2-9,18H,10H2,1H3,(H,19,21). The fraction of sp³-hybridized carbons (Fsp3) is 0.125. The van der Waals surface area contributed by atoms with Crippen LogP contribution in [0.4, 0.5) is 11.4 Å². The molecule has 2 rings (SSSR count). The highest BCUT2D eigenvalue weighted by Crippen LogP contribution is 2.17. The number of halogens is 1. The molecule has 0 aliphatic carbocycles. The molecule has 0 saturated heterocycles. The van der Waals surface area contributed by atoms with E-state index in [1.54, 1.807) is 24.3 Å². The number of nitrogens with one attached hydrogen (secondary N) is 2. The highest BCUT2D eigenvalue weighted by Gasteiger charge is 2.09. The van der Waals surface area contributed by atoms with Crippen LogP contribution in [0.3, 0.4) is 0 Å². The van der Waals surface area contributed by atoms with Crippen LogP contribution in [0.2, 0.25) is 0 Å². The molecule has 4 nitrogen and oxygen atoms in total. The van der Waals surface area contributed by atoms with Gasteiger partial charge in [-0.25, -0.2) is 0 Å². The van der Waals surface area contributed by atoms with Crippen molar-refractivity contribution in [2.75, 3.05) is 17.2 Å². The smallest absolute Gasteiger partial charge is 0.243 e. The number of hydrogen-bond donors (Lipinski definition) is 2. The van der Waals surface area contributed by atoms with E-state index in [4.69, 9.17) is 0 Å². The van der Waals surface area contributed by atoms with Gasteiger partial charge in [0.25, 0.3) is 0 Å². The van der Waals surface area contributed by atoms with Gasteiger partial charge in [-0.1, -0.05) is 24.3 Å². The van der Waals surface area contributed by atoms with Crippen LogP contribution < -0.4 is 10.6 Å². The zero-order chi connectivity index (χ0) is 15.2. The Hall–Kier alpha value is -1.89. The Bertz CT molecular complexity index is 671. The van der Waals surface area contributed by atoms with Gasteiger partial charge < -0.3 is 10.6 Å². The molecule has 2 aromatic carbocycles. The summed E-state index contributed by atoms with van der Waals surface area (Å²) >= 11 is 2.21. The van der Waals surface area contributed by atoms with Gasteiger partial charge in [-0.2, -0.15) is 0 Å². The average molecular weight is 394 g/mol. The van der Waals surface area contributed by atoms with Crippen LogP contribution in [0.25, 0.3) is 0 Å². The predicted octanol–water partition coefficient (Wildman–Crippen LogP) is 3.54. The minimum Gasteiger partial charge on any atom is -0.375 e. The summed E-state index contributed by atoms with van der Waals surface area (Å²) < 4.78 is 1.05. The largest absolute Gasteiger partial charge is 0.375 e. The number of Topliss-reactive ketones (excluding diaryl/α,β-unsaturated/α-hetero) is 1. The van der Waals surface area contributed by atoms with Crippen molar-refractivity contribution in [1.82, 2.24) is 0 Å². The van der Waals surface area contributed by atoms with Crippen LogP contribution in [0.5, 0.6) is 0 Å². The molecule has 0 fully saturated rings. The van der Waals surface area contributed by atoms with Crippen molar-refractivity contribution < 1.29 is 9.59 Å². The maximum absolute atomic E-state index is 12.0. The molecule has 2 aromatic rings. The van der Waals surface area contributed by atoms with E-state index in [0.29, 0.717) is 11.3 Å². The van der Waals surface area contributed by atoms with Crippen LogP contribution in [0, 0.1) is 3.57 Å². The second-order valence-corrected chi connectivity index (χ2v) is 5.65. The summed E-state index contributed by atoms with van der Waals surface area (Å²) in [5.74, 6) is -0.264. The third kappa shape index (κ3) is 4.29. The molecule has 0 saturated carbocycles. The van der Waals surface area contributed by atoms with Gasteiger partial charge in [0.05, 0.1) is 12.2 Å². The summed E-state index contributed by atoms with van der Waals surface area (Å²) in [6.07, 6.45) is 0. The Morgan fingerprint density at radius 1 is 1.00 bits per heavy atom. The maximum Gasteiger partial charge on any atom is 0.243 e. The van der Waals surface area contributed by atoms with Crippen LogP contribution in [0.1, 0.15) is 17.3 Å². The monoisotopic (exact) mass is 394 g/mol. The van der Waals surface area contributed by atoms with Crippen LogP contribution in [-0.2, 0) is 4.79 Å². The van der Waals surface area contributed by atoms with Gasteiger partial charge in [-0.15, -0.1) is 0 Å². The second-order valence-electron chi connectivity index (χ2n) is 4.48. The number of ketones is 1. The number of amides is 1. The SMILES string of the molecule is CC(=O)c1ccccc1NC(=O)CNc1ccccc1I. The molecule has 0 bridgehead atoms. The Balaban J connectivity index is 2.00. The molecule has 0 spiro atoms. The first kappa shape index (κ1) is 15.5.